The maximum Gasteiger partial charge on any atom is 0.227 e. The molecule has 166 valence electrons. The molecule has 1 aromatic heterocycles. The third-order valence-electron chi connectivity index (χ3n) is 6.08. The van der Waals surface area contributed by atoms with E-state index >= 15 is 0 Å². The maximum atomic E-state index is 13.2. The van der Waals surface area contributed by atoms with E-state index in [2.05, 4.69) is 15.3 Å². The number of aryl methyl sites for hydroxylation is 1. The van der Waals surface area contributed by atoms with Crippen LogP contribution in [0.4, 0.5) is 9.52 Å². The van der Waals surface area contributed by atoms with E-state index in [-0.39, 0.29) is 30.0 Å². The van der Waals surface area contributed by atoms with Crippen molar-refractivity contribution in [3.63, 3.8) is 0 Å². The Hall–Kier alpha value is -2.48. The molecule has 0 saturated carbocycles. The molecule has 2 saturated heterocycles. The highest BCUT2D eigenvalue weighted by molar-refractivity contribution is 7.13. The number of thiazole rings is 1. The van der Waals surface area contributed by atoms with Crippen molar-refractivity contribution in [2.24, 2.45) is 5.92 Å². The van der Waals surface area contributed by atoms with Gasteiger partial charge in [0.25, 0.3) is 0 Å². The lowest BCUT2D eigenvalue weighted by Gasteiger charge is -2.35. The van der Waals surface area contributed by atoms with Crippen LogP contribution < -0.4 is 4.90 Å². The van der Waals surface area contributed by atoms with E-state index in [0.717, 1.165) is 55.3 Å². The van der Waals surface area contributed by atoms with Gasteiger partial charge in [0.1, 0.15) is 5.82 Å². The molecule has 2 aliphatic heterocycles. The summed E-state index contributed by atoms with van der Waals surface area (Å²) >= 11 is 1.65. The van der Waals surface area contributed by atoms with Gasteiger partial charge in [-0.1, -0.05) is 12.1 Å². The Kier molecular flexibility index (Phi) is 6.85. The molecule has 0 N–H and O–H groups in total. The maximum absolute atomic E-state index is 13.2. The van der Waals surface area contributed by atoms with E-state index < -0.39 is 0 Å². The first kappa shape index (κ1) is 21.7. The number of carbonyl (C=O) groups is 2. The number of hydrogen-bond acceptors (Lipinski definition) is 5. The Labute approximate surface area is 186 Å². The molecule has 0 spiro atoms. The molecular formula is C23H29FN4O2S. The average Bonchev–Trinajstić information content (AvgIpc) is 3.06. The van der Waals surface area contributed by atoms with Crippen LogP contribution in [0, 0.1) is 18.7 Å². The number of halogens is 1. The number of hydrogen-bond donors (Lipinski definition) is 0. The number of nitrogens with zero attached hydrogens (tertiary/aromatic N) is 4. The zero-order chi connectivity index (χ0) is 21.8. The minimum Gasteiger partial charge on any atom is -0.346 e. The number of carbonyl (C=O) groups excluding carboxylic acids is 2. The van der Waals surface area contributed by atoms with Gasteiger partial charge in [0.15, 0.2) is 5.13 Å². The molecule has 2 aromatic rings. The highest BCUT2D eigenvalue weighted by Gasteiger charge is 2.32. The van der Waals surface area contributed by atoms with Gasteiger partial charge in [0.2, 0.25) is 11.8 Å². The highest BCUT2D eigenvalue weighted by atomic mass is 32.1. The number of likely N-dealkylation sites (tertiary alicyclic amines) is 1. The molecule has 1 unspecified atom stereocenters. The lowest BCUT2D eigenvalue weighted by Crippen LogP contribution is -2.47. The van der Waals surface area contributed by atoms with Crippen LogP contribution in [0.1, 0.15) is 30.5 Å². The first-order chi connectivity index (χ1) is 15.0. The summed E-state index contributed by atoms with van der Waals surface area (Å²) in [6.45, 7) is 6.30. The number of amides is 2. The number of rotatable bonds is 4. The van der Waals surface area contributed by atoms with E-state index in [4.69, 9.17) is 0 Å². The van der Waals surface area contributed by atoms with Gasteiger partial charge in [0, 0.05) is 44.6 Å². The van der Waals surface area contributed by atoms with E-state index in [9.17, 15) is 14.0 Å². The smallest absolute Gasteiger partial charge is 0.227 e. The van der Waals surface area contributed by atoms with Crippen molar-refractivity contribution >= 4 is 28.3 Å². The van der Waals surface area contributed by atoms with Crippen LogP contribution in [-0.2, 0) is 16.0 Å². The Morgan fingerprint density at radius 3 is 2.58 bits per heavy atom. The lowest BCUT2D eigenvalue weighted by molar-refractivity contribution is -0.140. The third kappa shape index (κ3) is 5.42. The predicted octanol–water partition coefficient (Wildman–Crippen LogP) is 3.11. The summed E-state index contributed by atoms with van der Waals surface area (Å²) in [5.41, 5.74) is 1.83. The quantitative estimate of drug-likeness (QED) is 0.727. The number of anilines is 1. The first-order valence-corrected chi connectivity index (χ1v) is 11.9. The second kappa shape index (κ2) is 9.77. The van der Waals surface area contributed by atoms with Crippen LogP contribution in [0.2, 0.25) is 0 Å². The number of aromatic nitrogens is 1. The normalized spacial score (nSPS) is 19.9. The molecule has 6 nitrogen and oxygen atoms in total. The minimum absolute atomic E-state index is 0.00490. The van der Waals surface area contributed by atoms with Crippen molar-refractivity contribution in [2.45, 2.75) is 32.6 Å². The minimum atomic E-state index is -0.305. The summed E-state index contributed by atoms with van der Waals surface area (Å²) in [7, 11) is 0. The fraction of sp³-hybridized carbons (Fsp3) is 0.522. The molecule has 3 heterocycles. The molecule has 2 aliphatic rings. The van der Waals surface area contributed by atoms with Crippen molar-refractivity contribution < 1.29 is 14.0 Å². The summed E-state index contributed by atoms with van der Waals surface area (Å²) in [4.78, 5) is 36.6. The van der Waals surface area contributed by atoms with Crippen molar-refractivity contribution in [3.8, 4) is 0 Å². The lowest BCUT2D eigenvalue weighted by atomic mass is 9.95. The standard InChI is InChI=1S/C23H29FN4O2S/c1-17-16-31-23(25-17)27-11-3-10-26(12-13-27)22(30)19-4-2-9-28(15-19)21(29)14-18-5-7-20(24)8-6-18/h5-8,16,19H,2-4,9-15H2,1H3. The van der Waals surface area contributed by atoms with Gasteiger partial charge in [-0.2, -0.15) is 0 Å². The Morgan fingerprint density at radius 2 is 1.84 bits per heavy atom. The van der Waals surface area contributed by atoms with Crippen LogP contribution in [0.15, 0.2) is 29.6 Å². The van der Waals surface area contributed by atoms with Crippen molar-refractivity contribution in [2.75, 3.05) is 44.2 Å². The molecule has 4 rings (SSSR count). The van der Waals surface area contributed by atoms with Gasteiger partial charge in [-0.15, -0.1) is 11.3 Å². The van der Waals surface area contributed by atoms with Gasteiger partial charge >= 0.3 is 0 Å². The zero-order valence-corrected chi connectivity index (χ0v) is 18.7. The van der Waals surface area contributed by atoms with E-state index in [1.165, 1.54) is 12.1 Å². The number of benzene rings is 1. The van der Waals surface area contributed by atoms with Crippen molar-refractivity contribution in [1.82, 2.24) is 14.8 Å². The monoisotopic (exact) mass is 444 g/mol. The number of piperidine rings is 1. The fourth-order valence-electron chi connectivity index (χ4n) is 4.37. The van der Waals surface area contributed by atoms with Crippen LogP contribution in [-0.4, -0.2) is 65.9 Å². The molecule has 0 bridgehead atoms. The molecule has 1 atom stereocenters. The van der Waals surface area contributed by atoms with E-state index in [0.29, 0.717) is 19.6 Å². The second-order valence-corrected chi connectivity index (χ2v) is 9.26. The second-order valence-electron chi connectivity index (χ2n) is 8.42. The van der Waals surface area contributed by atoms with Crippen molar-refractivity contribution in [1.29, 1.82) is 0 Å². The molecule has 2 amide bonds. The summed E-state index contributed by atoms with van der Waals surface area (Å²) < 4.78 is 13.1. The topological polar surface area (TPSA) is 56.8 Å². The Morgan fingerprint density at radius 1 is 1.06 bits per heavy atom. The van der Waals surface area contributed by atoms with Crippen LogP contribution >= 0.6 is 11.3 Å². The highest BCUT2D eigenvalue weighted by Crippen LogP contribution is 2.24. The van der Waals surface area contributed by atoms with E-state index in [1.807, 2.05) is 11.8 Å². The Balaban J connectivity index is 1.32. The Bertz CT molecular complexity index is 917. The van der Waals surface area contributed by atoms with Gasteiger partial charge in [0.05, 0.1) is 18.0 Å². The molecular weight excluding hydrogens is 415 g/mol. The largest absolute Gasteiger partial charge is 0.346 e. The molecule has 2 fully saturated rings. The first-order valence-electron chi connectivity index (χ1n) is 11.0. The molecule has 0 aliphatic carbocycles. The summed E-state index contributed by atoms with van der Waals surface area (Å²) in [5, 5.41) is 3.09. The van der Waals surface area contributed by atoms with Gasteiger partial charge in [-0.05, 0) is 43.9 Å². The average molecular weight is 445 g/mol. The summed E-state index contributed by atoms with van der Waals surface area (Å²) in [6, 6.07) is 6.04. The van der Waals surface area contributed by atoms with E-state index in [1.54, 1.807) is 28.4 Å². The zero-order valence-electron chi connectivity index (χ0n) is 17.9. The van der Waals surface area contributed by atoms with Crippen LogP contribution in [0.25, 0.3) is 0 Å². The molecule has 8 heteroatoms. The van der Waals surface area contributed by atoms with Crippen LogP contribution in [0.5, 0.6) is 0 Å². The van der Waals surface area contributed by atoms with Gasteiger partial charge in [-0.3, -0.25) is 9.59 Å². The van der Waals surface area contributed by atoms with Gasteiger partial charge < -0.3 is 14.7 Å². The van der Waals surface area contributed by atoms with Gasteiger partial charge in [-0.25, -0.2) is 9.37 Å². The predicted molar refractivity (Wildman–Crippen MR) is 120 cm³/mol. The molecule has 31 heavy (non-hydrogen) atoms. The molecule has 1 aromatic carbocycles. The van der Waals surface area contributed by atoms with Crippen molar-refractivity contribution in [3.05, 3.63) is 46.7 Å². The summed E-state index contributed by atoms with van der Waals surface area (Å²) in [6.07, 6.45) is 2.83. The summed E-state index contributed by atoms with van der Waals surface area (Å²) in [5.74, 6) is -0.276. The molecule has 0 radical (unpaired) electrons. The fourth-order valence-corrected chi connectivity index (χ4v) is 5.23. The third-order valence-corrected chi connectivity index (χ3v) is 7.10. The van der Waals surface area contributed by atoms with Crippen LogP contribution in [0.3, 0.4) is 0 Å². The SMILES string of the molecule is Cc1csc(N2CCCN(C(=O)C3CCCN(C(=O)Cc4ccc(F)cc4)C3)CC2)n1.